The number of benzene rings is 3. The van der Waals surface area contributed by atoms with Gasteiger partial charge in [-0.05, 0) is 30.2 Å². The molecule has 0 aromatic heterocycles. The van der Waals surface area contributed by atoms with Crippen molar-refractivity contribution in [2.24, 2.45) is 0 Å². The Labute approximate surface area is 180 Å². The molecule has 2 aliphatic rings. The van der Waals surface area contributed by atoms with E-state index in [1.165, 1.54) is 4.90 Å². The molecule has 1 N–H and O–H groups in total. The maximum atomic E-state index is 13.3. The number of nitrogens with one attached hydrogen (secondary N) is 1. The van der Waals surface area contributed by atoms with Crippen LogP contribution in [0.3, 0.4) is 0 Å². The van der Waals surface area contributed by atoms with Crippen LogP contribution in [0, 0.1) is 0 Å². The molecule has 0 saturated carbocycles. The summed E-state index contributed by atoms with van der Waals surface area (Å²) in [5.74, 6) is -0.657. The molecule has 0 bridgehead atoms. The first kappa shape index (κ1) is 19.1. The lowest BCUT2D eigenvalue weighted by Crippen LogP contribution is -2.51. The number of rotatable bonds is 5. The van der Waals surface area contributed by atoms with Crippen molar-refractivity contribution in [3.05, 3.63) is 101 Å². The predicted octanol–water partition coefficient (Wildman–Crippen LogP) is 3.16. The zero-order chi connectivity index (χ0) is 21.4. The van der Waals surface area contributed by atoms with Crippen LogP contribution in [0.4, 0.5) is 5.69 Å². The summed E-state index contributed by atoms with van der Waals surface area (Å²) in [5.41, 5.74) is 3.45. The summed E-state index contributed by atoms with van der Waals surface area (Å²) in [7, 11) is 0. The van der Waals surface area contributed by atoms with Gasteiger partial charge in [0, 0.05) is 17.7 Å². The third-order valence-electron chi connectivity index (χ3n) is 5.78. The largest absolute Gasteiger partial charge is 0.354 e. The molecular weight excluding hydrogens is 390 g/mol. The van der Waals surface area contributed by atoms with E-state index in [1.54, 1.807) is 29.2 Å². The standard InChI is InChI=1S/C25H21N3O3/c29-22(26-15-14-17-8-2-1-3-9-17)16-27-23-18-10-4-5-11-19(18)25(31)28(23)21-13-7-6-12-20(21)24(27)30/h1-13,23H,14-16H2,(H,26,29)/t23-/m0/s1. The van der Waals surface area contributed by atoms with Crippen molar-refractivity contribution in [1.29, 1.82) is 0 Å². The first-order valence-electron chi connectivity index (χ1n) is 10.3. The molecule has 0 unspecified atom stereocenters. The van der Waals surface area contributed by atoms with Gasteiger partial charge in [0.25, 0.3) is 11.8 Å². The number of carbonyl (C=O) groups is 3. The molecule has 5 rings (SSSR count). The molecule has 0 saturated heterocycles. The van der Waals surface area contributed by atoms with Crippen LogP contribution in [0.5, 0.6) is 0 Å². The molecule has 6 heteroatoms. The number of para-hydroxylation sites is 1. The molecule has 0 spiro atoms. The maximum Gasteiger partial charge on any atom is 0.260 e. The van der Waals surface area contributed by atoms with Crippen molar-refractivity contribution in [2.45, 2.75) is 12.6 Å². The monoisotopic (exact) mass is 411 g/mol. The lowest BCUT2D eigenvalue weighted by Gasteiger charge is -2.40. The van der Waals surface area contributed by atoms with Crippen molar-refractivity contribution in [2.75, 3.05) is 18.0 Å². The third-order valence-corrected chi connectivity index (χ3v) is 5.78. The summed E-state index contributed by atoms with van der Waals surface area (Å²) in [6.45, 7) is 0.357. The molecule has 3 amide bonds. The third kappa shape index (κ3) is 3.26. The molecule has 0 radical (unpaired) electrons. The van der Waals surface area contributed by atoms with Gasteiger partial charge in [0.2, 0.25) is 5.91 Å². The Bertz CT molecular complexity index is 1180. The fourth-order valence-corrected chi connectivity index (χ4v) is 4.34. The molecule has 31 heavy (non-hydrogen) atoms. The summed E-state index contributed by atoms with van der Waals surface area (Å²) in [6.07, 6.45) is 0.0891. The van der Waals surface area contributed by atoms with E-state index in [-0.39, 0.29) is 24.3 Å². The zero-order valence-electron chi connectivity index (χ0n) is 16.8. The van der Waals surface area contributed by atoms with Gasteiger partial charge in [0.1, 0.15) is 12.7 Å². The fourth-order valence-electron chi connectivity index (χ4n) is 4.34. The Hall–Kier alpha value is -3.93. The highest BCUT2D eigenvalue weighted by Crippen LogP contribution is 2.44. The van der Waals surface area contributed by atoms with E-state index in [4.69, 9.17) is 0 Å². The minimum Gasteiger partial charge on any atom is -0.354 e. The van der Waals surface area contributed by atoms with E-state index in [9.17, 15) is 14.4 Å². The van der Waals surface area contributed by atoms with Gasteiger partial charge in [-0.1, -0.05) is 60.7 Å². The Morgan fingerprint density at radius 3 is 2.29 bits per heavy atom. The Morgan fingerprint density at radius 2 is 1.48 bits per heavy atom. The van der Waals surface area contributed by atoms with Crippen LogP contribution in [-0.4, -0.2) is 35.7 Å². The van der Waals surface area contributed by atoms with E-state index < -0.39 is 6.17 Å². The Balaban J connectivity index is 1.40. The average Bonchev–Trinajstić information content (AvgIpc) is 3.10. The zero-order valence-corrected chi connectivity index (χ0v) is 16.8. The van der Waals surface area contributed by atoms with Crippen LogP contribution in [0.15, 0.2) is 78.9 Å². The molecule has 0 fully saturated rings. The second-order valence-electron chi connectivity index (χ2n) is 7.67. The number of carbonyl (C=O) groups excluding carboxylic acids is 3. The minimum absolute atomic E-state index is 0.120. The summed E-state index contributed by atoms with van der Waals surface area (Å²) in [4.78, 5) is 42.3. The molecule has 2 aliphatic heterocycles. The number of hydrogen-bond acceptors (Lipinski definition) is 3. The molecule has 154 valence electrons. The van der Waals surface area contributed by atoms with E-state index in [0.717, 1.165) is 11.1 Å². The number of anilines is 1. The van der Waals surface area contributed by atoms with Crippen LogP contribution in [-0.2, 0) is 11.2 Å². The SMILES string of the molecule is O=C(CN1C(=O)c2ccccc2N2C(=O)c3ccccc3[C@@H]12)NCCc1ccccc1. The molecule has 3 aromatic rings. The van der Waals surface area contributed by atoms with Gasteiger partial charge in [0.05, 0.1) is 11.3 Å². The first-order valence-corrected chi connectivity index (χ1v) is 10.3. The van der Waals surface area contributed by atoms with Crippen LogP contribution in [0.2, 0.25) is 0 Å². The molecule has 2 heterocycles. The van der Waals surface area contributed by atoms with Crippen LogP contribution in [0.25, 0.3) is 0 Å². The summed E-state index contributed by atoms with van der Waals surface area (Å²) >= 11 is 0. The second kappa shape index (κ2) is 7.72. The van der Waals surface area contributed by atoms with Crippen LogP contribution in [0.1, 0.15) is 38.0 Å². The van der Waals surface area contributed by atoms with Gasteiger partial charge < -0.3 is 10.2 Å². The number of fused-ring (bicyclic) bond motifs is 5. The highest BCUT2D eigenvalue weighted by Gasteiger charge is 2.47. The van der Waals surface area contributed by atoms with Gasteiger partial charge >= 0.3 is 0 Å². The van der Waals surface area contributed by atoms with Crippen molar-refractivity contribution in [3.8, 4) is 0 Å². The fraction of sp³-hybridized carbons (Fsp3) is 0.160. The molecular formula is C25H21N3O3. The lowest BCUT2D eigenvalue weighted by atomic mass is 10.0. The summed E-state index contributed by atoms with van der Waals surface area (Å²) in [5, 5.41) is 2.90. The van der Waals surface area contributed by atoms with Gasteiger partial charge in [0.15, 0.2) is 0 Å². The minimum atomic E-state index is -0.619. The van der Waals surface area contributed by atoms with E-state index in [2.05, 4.69) is 5.32 Å². The molecule has 3 aromatic carbocycles. The average molecular weight is 411 g/mol. The van der Waals surface area contributed by atoms with E-state index >= 15 is 0 Å². The van der Waals surface area contributed by atoms with Gasteiger partial charge in [-0.15, -0.1) is 0 Å². The van der Waals surface area contributed by atoms with Crippen molar-refractivity contribution in [3.63, 3.8) is 0 Å². The maximum absolute atomic E-state index is 13.3. The normalized spacial score (nSPS) is 16.6. The van der Waals surface area contributed by atoms with Gasteiger partial charge in [-0.25, -0.2) is 0 Å². The lowest BCUT2D eigenvalue weighted by molar-refractivity contribution is -0.122. The van der Waals surface area contributed by atoms with E-state index in [1.807, 2.05) is 54.6 Å². The number of hydrogen-bond donors (Lipinski definition) is 1. The van der Waals surface area contributed by atoms with Crippen molar-refractivity contribution < 1.29 is 14.4 Å². The highest BCUT2D eigenvalue weighted by molar-refractivity contribution is 6.17. The quantitative estimate of drug-likeness (QED) is 0.701. The predicted molar refractivity (Wildman–Crippen MR) is 117 cm³/mol. The number of amides is 3. The van der Waals surface area contributed by atoms with Crippen LogP contribution >= 0.6 is 0 Å². The van der Waals surface area contributed by atoms with Gasteiger partial charge in [-0.3, -0.25) is 19.3 Å². The van der Waals surface area contributed by atoms with Crippen molar-refractivity contribution >= 4 is 23.4 Å². The molecule has 6 nitrogen and oxygen atoms in total. The van der Waals surface area contributed by atoms with E-state index in [0.29, 0.717) is 29.8 Å². The molecule has 0 aliphatic carbocycles. The topological polar surface area (TPSA) is 69.7 Å². The highest BCUT2D eigenvalue weighted by atomic mass is 16.2. The Morgan fingerprint density at radius 1 is 0.806 bits per heavy atom. The smallest absolute Gasteiger partial charge is 0.260 e. The summed E-state index contributed by atoms with van der Waals surface area (Å²) in [6, 6.07) is 24.2. The summed E-state index contributed by atoms with van der Waals surface area (Å²) < 4.78 is 0. The Kier molecular flexibility index (Phi) is 4.75. The van der Waals surface area contributed by atoms with Crippen molar-refractivity contribution in [1.82, 2.24) is 10.2 Å². The second-order valence-corrected chi connectivity index (χ2v) is 7.67. The molecule has 1 atom stereocenters. The first-order chi connectivity index (χ1) is 15.1. The van der Waals surface area contributed by atoms with Gasteiger partial charge in [-0.2, -0.15) is 0 Å². The number of nitrogens with zero attached hydrogens (tertiary/aromatic N) is 2. The van der Waals surface area contributed by atoms with Crippen LogP contribution < -0.4 is 10.2 Å².